The summed E-state index contributed by atoms with van der Waals surface area (Å²) in [6.07, 6.45) is 2.39. The molecular formula is C35H39N7O3S. The number of nitrogens with zero attached hydrogens (tertiary/aromatic N) is 4. The Morgan fingerprint density at radius 2 is 1.54 bits per heavy atom. The standard InChI is InChI=1S/C35H39N7O3S/c1-23-13-15-26(16-14-23)42-31(22-30(39-42)35(2,3)4)38-33(44)36-28-11-7-5-9-25(28)21-24-17-19-41(20-18-24)32(43)27-10-6-8-12-29(27)37-34(45)40-46/h5-16,22,24H,17-21H2,1-4H3,(H,37,45)(H2,36,38,44). The average molecular weight is 638 g/mol. The summed E-state index contributed by atoms with van der Waals surface area (Å²) >= 11 is 4.46. The number of piperidine rings is 1. The van der Waals surface area contributed by atoms with E-state index in [2.05, 4.69) is 53.5 Å². The van der Waals surface area contributed by atoms with Crippen molar-refractivity contribution in [3.8, 4) is 5.69 Å². The maximum absolute atomic E-state index is 13.3. The van der Waals surface area contributed by atoms with Crippen molar-refractivity contribution in [1.82, 2.24) is 14.7 Å². The number of carbonyl (C=O) groups is 3. The fourth-order valence-electron chi connectivity index (χ4n) is 5.55. The van der Waals surface area contributed by atoms with Gasteiger partial charge in [0.25, 0.3) is 5.91 Å². The number of anilines is 3. The monoisotopic (exact) mass is 637 g/mol. The molecule has 46 heavy (non-hydrogen) atoms. The molecule has 0 radical (unpaired) electrons. The van der Waals surface area contributed by atoms with Crippen molar-refractivity contribution in [2.75, 3.05) is 29.0 Å². The van der Waals surface area contributed by atoms with Gasteiger partial charge < -0.3 is 15.5 Å². The number of hydrogen-bond donors (Lipinski definition) is 3. The Morgan fingerprint density at radius 3 is 2.22 bits per heavy atom. The molecule has 0 spiro atoms. The van der Waals surface area contributed by atoms with Gasteiger partial charge in [-0.3, -0.25) is 10.1 Å². The van der Waals surface area contributed by atoms with Gasteiger partial charge in [0.1, 0.15) is 5.82 Å². The van der Waals surface area contributed by atoms with Crippen molar-refractivity contribution in [1.29, 1.82) is 0 Å². The molecule has 2 heterocycles. The van der Waals surface area contributed by atoms with Gasteiger partial charge in [0, 0.05) is 42.7 Å². The van der Waals surface area contributed by atoms with E-state index in [1.807, 2.05) is 66.4 Å². The molecule has 238 valence electrons. The second-order valence-corrected chi connectivity index (χ2v) is 12.8. The van der Waals surface area contributed by atoms with Crippen LogP contribution in [0.3, 0.4) is 0 Å². The Hall–Kier alpha value is -4.90. The predicted molar refractivity (Wildman–Crippen MR) is 184 cm³/mol. The molecule has 0 unspecified atom stereocenters. The molecule has 3 N–H and O–H groups in total. The molecule has 1 aromatic heterocycles. The topological polar surface area (TPSA) is 121 Å². The molecule has 0 saturated carbocycles. The molecule has 4 aromatic rings. The smallest absolute Gasteiger partial charge is 0.339 e. The summed E-state index contributed by atoms with van der Waals surface area (Å²) in [4.78, 5) is 40.2. The van der Waals surface area contributed by atoms with Crippen molar-refractivity contribution in [3.05, 3.63) is 101 Å². The SMILES string of the molecule is Cc1ccc(-n2nc(C(C)(C)C)cc2NC(=O)Nc2ccccc2CC2CCN(C(=O)c3ccccc3NC(=O)N=S)CC2)cc1. The van der Waals surface area contributed by atoms with E-state index >= 15 is 0 Å². The maximum Gasteiger partial charge on any atom is 0.356 e. The quantitative estimate of drug-likeness (QED) is 0.194. The van der Waals surface area contributed by atoms with Gasteiger partial charge in [-0.05, 0) is 68.0 Å². The van der Waals surface area contributed by atoms with Crippen molar-refractivity contribution in [2.24, 2.45) is 10.3 Å². The van der Waals surface area contributed by atoms with Crippen LogP contribution in [0, 0.1) is 12.8 Å². The molecule has 0 aliphatic carbocycles. The number of benzene rings is 3. The van der Waals surface area contributed by atoms with Crippen LogP contribution in [0.25, 0.3) is 5.69 Å². The summed E-state index contributed by atoms with van der Waals surface area (Å²) in [5.74, 6) is 0.777. The number of para-hydroxylation sites is 2. The van der Waals surface area contributed by atoms with Crippen LogP contribution in [0.1, 0.15) is 60.8 Å². The first-order valence-electron chi connectivity index (χ1n) is 15.4. The lowest BCUT2D eigenvalue weighted by atomic mass is 9.89. The van der Waals surface area contributed by atoms with Gasteiger partial charge in [-0.25, -0.2) is 14.3 Å². The molecule has 1 saturated heterocycles. The van der Waals surface area contributed by atoms with Gasteiger partial charge in [0.2, 0.25) is 0 Å². The molecule has 10 nitrogen and oxygen atoms in total. The van der Waals surface area contributed by atoms with E-state index in [0.717, 1.165) is 47.5 Å². The zero-order valence-corrected chi connectivity index (χ0v) is 27.4. The zero-order valence-electron chi connectivity index (χ0n) is 26.5. The highest BCUT2D eigenvalue weighted by Gasteiger charge is 2.26. The third-order valence-corrected chi connectivity index (χ3v) is 8.32. The van der Waals surface area contributed by atoms with E-state index in [1.165, 1.54) is 0 Å². The second-order valence-electron chi connectivity index (χ2n) is 12.7. The summed E-state index contributed by atoms with van der Waals surface area (Å²) in [6.45, 7) is 9.49. The number of aromatic nitrogens is 2. The molecule has 3 aromatic carbocycles. The summed E-state index contributed by atoms with van der Waals surface area (Å²) in [5.41, 5.74) is 5.25. The molecule has 1 fully saturated rings. The zero-order chi connectivity index (χ0) is 32.8. The fraction of sp³-hybridized carbons (Fsp3) is 0.314. The number of amides is 5. The lowest BCUT2D eigenvalue weighted by Gasteiger charge is -2.32. The summed E-state index contributed by atoms with van der Waals surface area (Å²) < 4.78 is 4.96. The Morgan fingerprint density at radius 1 is 0.891 bits per heavy atom. The van der Waals surface area contributed by atoms with Crippen molar-refractivity contribution < 1.29 is 14.4 Å². The van der Waals surface area contributed by atoms with Crippen LogP contribution in [0.15, 0.2) is 83.2 Å². The van der Waals surface area contributed by atoms with E-state index < -0.39 is 6.03 Å². The van der Waals surface area contributed by atoms with E-state index in [9.17, 15) is 14.4 Å². The lowest BCUT2D eigenvalue weighted by molar-refractivity contribution is 0.0691. The normalized spacial score (nSPS) is 13.6. The Balaban J connectivity index is 1.23. The molecule has 0 atom stereocenters. The molecule has 5 rings (SSSR count). The Kier molecular flexibility index (Phi) is 9.91. The highest BCUT2D eigenvalue weighted by molar-refractivity contribution is 7.47. The van der Waals surface area contributed by atoms with Crippen molar-refractivity contribution >= 4 is 47.6 Å². The van der Waals surface area contributed by atoms with Crippen LogP contribution in [0.2, 0.25) is 0 Å². The van der Waals surface area contributed by atoms with Crippen LogP contribution >= 0.6 is 0 Å². The first-order valence-corrected chi connectivity index (χ1v) is 15.7. The highest BCUT2D eigenvalue weighted by Crippen LogP contribution is 2.29. The molecule has 5 amide bonds. The van der Waals surface area contributed by atoms with E-state index in [4.69, 9.17) is 5.10 Å². The number of nitrogens with one attached hydrogen (secondary N) is 3. The first kappa shape index (κ1) is 32.5. The molecular weight excluding hydrogens is 598 g/mol. The van der Waals surface area contributed by atoms with E-state index in [1.54, 1.807) is 28.9 Å². The minimum Gasteiger partial charge on any atom is -0.339 e. The number of likely N-dealkylation sites (tertiary alicyclic amines) is 1. The van der Waals surface area contributed by atoms with Gasteiger partial charge in [-0.15, -0.1) is 4.36 Å². The Bertz CT molecular complexity index is 1740. The average Bonchev–Trinajstić information content (AvgIpc) is 3.47. The van der Waals surface area contributed by atoms with Gasteiger partial charge in [0.05, 0.1) is 22.6 Å². The van der Waals surface area contributed by atoms with Crippen LogP contribution in [0.5, 0.6) is 0 Å². The first-order chi connectivity index (χ1) is 22.0. The number of carbonyl (C=O) groups excluding carboxylic acids is 3. The fourth-order valence-corrected chi connectivity index (χ4v) is 5.59. The van der Waals surface area contributed by atoms with Crippen LogP contribution in [0.4, 0.5) is 26.8 Å². The third-order valence-electron chi connectivity index (χ3n) is 8.16. The minimum atomic E-state index is -0.679. The summed E-state index contributed by atoms with van der Waals surface area (Å²) in [5, 5.41) is 13.5. The van der Waals surface area contributed by atoms with Gasteiger partial charge in [0.15, 0.2) is 0 Å². The lowest BCUT2D eigenvalue weighted by Crippen LogP contribution is -2.39. The van der Waals surface area contributed by atoms with Gasteiger partial charge in [-0.2, -0.15) is 5.10 Å². The third kappa shape index (κ3) is 7.84. The second kappa shape index (κ2) is 14.0. The summed E-state index contributed by atoms with van der Waals surface area (Å²) in [6, 6.07) is 23.6. The molecule has 1 aliphatic rings. The van der Waals surface area contributed by atoms with Gasteiger partial charge in [-0.1, -0.05) is 68.8 Å². The number of aryl methyl sites for hydroxylation is 1. The largest absolute Gasteiger partial charge is 0.356 e. The summed E-state index contributed by atoms with van der Waals surface area (Å²) in [7, 11) is 0. The maximum atomic E-state index is 13.3. The predicted octanol–water partition coefficient (Wildman–Crippen LogP) is 7.48. The molecule has 0 bridgehead atoms. The Labute approximate surface area is 274 Å². The van der Waals surface area contributed by atoms with E-state index in [0.29, 0.717) is 36.1 Å². The number of rotatable bonds is 7. The number of hydrogen-bond acceptors (Lipinski definition) is 5. The highest BCUT2D eigenvalue weighted by atomic mass is 32.1. The minimum absolute atomic E-state index is 0.142. The van der Waals surface area contributed by atoms with Crippen LogP contribution in [-0.4, -0.2) is 45.7 Å². The van der Waals surface area contributed by atoms with Crippen LogP contribution in [-0.2, 0) is 24.3 Å². The van der Waals surface area contributed by atoms with Crippen molar-refractivity contribution in [3.63, 3.8) is 0 Å². The molecule has 1 aliphatic heterocycles. The molecule has 11 heteroatoms. The van der Waals surface area contributed by atoms with Crippen molar-refractivity contribution in [2.45, 2.75) is 52.4 Å². The van der Waals surface area contributed by atoms with E-state index in [-0.39, 0.29) is 17.4 Å². The number of urea groups is 2. The van der Waals surface area contributed by atoms with Gasteiger partial charge >= 0.3 is 12.1 Å². The van der Waals surface area contributed by atoms with Crippen LogP contribution < -0.4 is 16.0 Å².